The SMILES string of the molecule is CN(C[C@@](C)(CCN1CCC(C=CCN(Cc2ccccc2)C(=O)[O-])CC1)c1ccccc1)S(=O)(=O)c1ccccc1. The number of hydrogen-bond acceptors (Lipinski definition) is 5. The molecule has 1 aliphatic rings. The first kappa shape index (κ1) is 31.5. The maximum absolute atomic E-state index is 13.3. The molecule has 1 heterocycles. The highest BCUT2D eigenvalue weighted by molar-refractivity contribution is 7.89. The van der Waals surface area contributed by atoms with Crippen LogP contribution in [-0.4, -0.2) is 68.4 Å². The zero-order valence-electron chi connectivity index (χ0n) is 24.6. The maximum atomic E-state index is 13.3. The van der Waals surface area contributed by atoms with Crippen LogP contribution in [0.15, 0.2) is 108 Å². The van der Waals surface area contributed by atoms with E-state index < -0.39 is 16.1 Å². The van der Waals surface area contributed by atoms with Crippen LogP contribution in [0, 0.1) is 5.92 Å². The lowest BCUT2D eigenvalue weighted by atomic mass is 9.79. The lowest BCUT2D eigenvalue weighted by molar-refractivity contribution is -0.265. The van der Waals surface area contributed by atoms with Crippen molar-refractivity contribution in [1.29, 1.82) is 0 Å². The zero-order chi connectivity index (χ0) is 30.0. The molecule has 0 radical (unpaired) electrons. The number of carbonyl (C=O) groups is 1. The minimum atomic E-state index is -3.60. The fraction of sp³-hybridized carbons (Fsp3) is 0.382. The van der Waals surface area contributed by atoms with Crippen LogP contribution in [0.2, 0.25) is 0 Å². The van der Waals surface area contributed by atoms with Gasteiger partial charge >= 0.3 is 0 Å². The molecule has 1 amide bonds. The van der Waals surface area contributed by atoms with Crippen molar-refractivity contribution in [3.8, 4) is 0 Å². The molecular formula is C34H42N3O4S-. The van der Waals surface area contributed by atoms with Gasteiger partial charge in [0, 0.05) is 32.1 Å². The Bertz CT molecular complexity index is 1390. The topological polar surface area (TPSA) is 84.0 Å². The Morgan fingerprint density at radius 1 is 0.952 bits per heavy atom. The maximum Gasteiger partial charge on any atom is 0.242 e. The molecule has 0 saturated carbocycles. The molecule has 1 saturated heterocycles. The first-order chi connectivity index (χ1) is 20.2. The molecular weight excluding hydrogens is 546 g/mol. The normalized spacial score (nSPS) is 16.5. The molecule has 4 rings (SSSR count). The van der Waals surface area contributed by atoms with Crippen LogP contribution in [0.25, 0.3) is 0 Å². The lowest BCUT2D eigenvalue weighted by Gasteiger charge is -2.37. The van der Waals surface area contributed by atoms with Gasteiger partial charge in [-0.05, 0) is 68.1 Å². The number of hydrogen-bond donors (Lipinski definition) is 0. The summed E-state index contributed by atoms with van der Waals surface area (Å²) in [4.78, 5) is 15.7. The minimum Gasteiger partial charge on any atom is -0.530 e. The van der Waals surface area contributed by atoms with E-state index in [1.807, 2.05) is 60.7 Å². The summed E-state index contributed by atoms with van der Waals surface area (Å²) < 4.78 is 28.1. The summed E-state index contributed by atoms with van der Waals surface area (Å²) in [5.74, 6) is 0.407. The van der Waals surface area contributed by atoms with Gasteiger partial charge in [0.1, 0.15) is 6.09 Å². The number of likely N-dealkylation sites (tertiary alicyclic amines) is 1. The number of rotatable bonds is 13. The smallest absolute Gasteiger partial charge is 0.242 e. The molecule has 0 aromatic heterocycles. The largest absolute Gasteiger partial charge is 0.530 e. The molecule has 1 fully saturated rings. The molecule has 0 bridgehead atoms. The summed E-state index contributed by atoms with van der Waals surface area (Å²) in [6.07, 6.45) is 5.77. The van der Waals surface area contributed by atoms with Crippen molar-refractivity contribution in [3.63, 3.8) is 0 Å². The van der Waals surface area contributed by atoms with E-state index in [9.17, 15) is 18.3 Å². The highest BCUT2D eigenvalue weighted by Crippen LogP contribution is 2.31. The van der Waals surface area contributed by atoms with Crippen molar-refractivity contribution in [1.82, 2.24) is 14.1 Å². The molecule has 3 aromatic rings. The molecule has 0 spiro atoms. The summed E-state index contributed by atoms with van der Waals surface area (Å²) in [7, 11) is -1.93. The Kier molecular flexibility index (Phi) is 11.0. The van der Waals surface area contributed by atoms with E-state index >= 15 is 0 Å². The molecule has 7 nitrogen and oxygen atoms in total. The number of nitrogens with zero attached hydrogens (tertiary/aromatic N) is 3. The van der Waals surface area contributed by atoms with Gasteiger partial charge in [0.05, 0.1) is 4.90 Å². The third-order valence-corrected chi connectivity index (χ3v) is 10.1. The number of carboxylic acid groups (broad SMARTS) is 1. The third kappa shape index (κ3) is 8.53. The van der Waals surface area contributed by atoms with Crippen molar-refractivity contribution in [2.24, 2.45) is 5.92 Å². The van der Waals surface area contributed by atoms with Crippen molar-refractivity contribution >= 4 is 16.1 Å². The lowest BCUT2D eigenvalue weighted by Crippen LogP contribution is -2.43. The predicted octanol–water partition coefficient (Wildman–Crippen LogP) is 4.77. The number of carbonyl (C=O) groups excluding carboxylic acids is 1. The summed E-state index contributed by atoms with van der Waals surface area (Å²) in [5, 5.41) is 11.6. The number of amides is 1. The van der Waals surface area contributed by atoms with Gasteiger partial charge in [0.15, 0.2) is 0 Å². The van der Waals surface area contributed by atoms with Gasteiger partial charge in [-0.3, -0.25) is 0 Å². The van der Waals surface area contributed by atoms with Crippen LogP contribution in [0.4, 0.5) is 4.79 Å². The molecule has 0 N–H and O–H groups in total. The van der Waals surface area contributed by atoms with Crippen LogP contribution >= 0.6 is 0 Å². The highest BCUT2D eigenvalue weighted by Gasteiger charge is 2.33. The Morgan fingerprint density at radius 2 is 1.52 bits per heavy atom. The second-order valence-electron chi connectivity index (χ2n) is 11.5. The average Bonchev–Trinajstić information content (AvgIpc) is 3.01. The van der Waals surface area contributed by atoms with Crippen molar-refractivity contribution in [2.75, 3.05) is 39.8 Å². The average molecular weight is 589 g/mol. The fourth-order valence-corrected chi connectivity index (χ4v) is 6.98. The molecule has 8 heteroatoms. The van der Waals surface area contributed by atoms with Crippen LogP contribution in [0.5, 0.6) is 0 Å². The zero-order valence-corrected chi connectivity index (χ0v) is 25.5. The van der Waals surface area contributed by atoms with Crippen molar-refractivity contribution < 1.29 is 18.3 Å². The summed E-state index contributed by atoms with van der Waals surface area (Å²) >= 11 is 0. The Labute approximate surface area is 251 Å². The summed E-state index contributed by atoms with van der Waals surface area (Å²) in [6, 6.07) is 28.3. The first-order valence-electron chi connectivity index (χ1n) is 14.6. The quantitative estimate of drug-likeness (QED) is 0.269. The Balaban J connectivity index is 1.32. The molecule has 42 heavy (non-hydrogen) atoms. The molecule has 3 aromatic carbocycles. The van der Waals surface area contributed by atoms with Crippen molar-refractivity contribution in [2.45, 2.75) is 43.0 Å². The molecule has 0 unspecified atom stereocenters. The van der Waals surface area contributed by atoms with Gasteiger partial charge in [-0.2, -0.15) is 0 Å². The van der Waals surface area contributed by atoms with Gasteiger partial charge in [-0.15, -0.1) is 0 Å². The summed E-state index contributed by atoms with van der Waals surface area (Å²) in [5.41, 5.74) is 1.71. The Hall–Kier alpha value is -3.46. The monoisotopic (exact) mass is 588 g/mol. The van der Waals surface area contributed by atoms with Crippen molar-refractivity contribution in [3.05, 3.63) is 114 Å². The second-order valence-corrected chi connectivity index (χ2v) is 13.5. The van der Waals surface area contributed by atoms with Gasteiger partial charge in [0.25, 0.3) is 0 Å². The van der Waals surface area contributed by atoms with E-state index in [1.165, 1.54) is 9.21 Å². The molecule has 1 aliphatic heterocycles. The van der Waals surface area contributed by atoms with Gasteiger partial charge in [0.2, 0.25) is 10.0 Å². The number of allylic oxidation sites excluding steroid dienone is 1. The predicted molar refractivity (Wildman–Crippen MR) is 165 cm³/mol. The van der Waals surface area contributed by atoms with Crippen LogP contribution in [-0.2, 0) is 22.0 Å². The molecule has 0 aliphatic carbocycles. The molecule has 1 atom stereocenters. The van der Waals surface area contributed by atoms with E-state index in [0.29, 0.717) is 30.4 Å². The van der Waals surface area contributed by atoms with Gasteiger partial charge in [-0.1, -0.05) is 97.9 Å². The molecule has 224 valence electrons. The van der Waals surface area contributed by atoms with Gasteiger partial charge in [-0.25, -0.2) is 12.7 Å². The van der Waals surface area contributed by atoms with E-state index in [0.717, 1.165) is 50.0 Å². The Morgan fingerprint density at radius 3 is 2.12 bits per heavy atom. The highest BCUT2D eigenvalue weighted by atomic mass is 32.2. The first-order valence-corrected chi connectivity index (χ1v) is 16.1. The number of benzene rings is 3. The van der Waals surface area contributed by atoms with E-state index in [4.69, 9.17) is 0 Å². The van der Waals surface area contributed by atoms with E-state index in [-0.39, 0.29) is 5.41 Å². The van der Waals surface area contributed by atoms with E-state index in [1.54, 1.807) is 31.3 Å². The number of sulfonamides is 1. The van der Waals surface area contributed by atoms with Gasteiger partial charge < -0.3 is 19.7 Å². The second kappa shape index (κ2) is 14.6. The number of likely N-dealkylation sites (N-methyl/N-ethyl adjacent to an activating group) is 1. The van der Waals surface area contributed by atoms with Crippen LogP contribution in [0.1, 0.15) is 37.3 Å². The summed E-state index contributed by atoms with van der Waals surface area (Å²) in [6.45, 7) is 5.94. The van der Waals surface area contributed by atoms with E-state index in [2.05, 4.69) is 30.0 Å². The standard InChI is InChI=1S/C34H43N3O4S/c1-34(31-16-8-4-9-17-31,28-35(2)42(40,41)32-18-10-5-11-19-32)22-26-36-24-20-29(21-25-36)15-12-23-37(33(38)39)27-30-13-6-3-7-14-30/h3-19,29H,20-28H2,1-2H3,(H,38,39)/p-1/t34-/m1/s1. The van der Waals surface area contributed by atoms with Crippen LogP contribution < -0.4 is 5.11 Å². The third-order valence-electron chi connectivity index (χ3n) is 8.31. The van der Waals surface area contributed by atoms with Crippen LogP contribution in [0.3, 0.4) is 0 Å². The number of piperidine rings is 1. The minimum absolute atomic E-state index is 0.306. The fourth-order valence-electron chi connectivity index (χ4n) is 5.67.